The molecule has 2 rings (SSSR count). The lowest BCUT2D eigenvalue weighted by Crippen LogP contribution is -2.33. The molecule has 0 saturated carbocycles. The van der Waals surface area contributed by atoms with Gasteiger partial charge < -0.3 is 10.1 Å². The molecule has 1 aliphatic heterocycles. The fraction of sp³-hybridized carbons (Fsp3) is 0.647. The van der Waals surface area contributed by atoms with E-state index in [9.17, 15) is 8.78 Å². The molecule has 1 saturated heterocycles. The summed E-state index contributed by atoms with van der Waals surface area (Å²) in [6.07, 6.45) is 6.00. The first-order chi connectivity index (χ1) is 10.2. The van der Waals surface area contributed by atoms with Gasteiger partial charge in [0.05, 0.1) is 6.10 Å². The molecule has 1 heterocycles. The minimum Gasteiger partial charge on any atom is -0.378 e. The number of hydrogen-bond donors (Lipinski definition) is 1. The van der Waals surface area contributed by atoms with E-state index in [1.165, 1.54) is 24.6 Å². The molecule has 0 radical (unpaired) electrons. The summed E-state index contributed by atoms with van der Waals surface area (Å²) in [7, 11) is 0. The molecule has 0 aliphatic carbocycles. The van der Waals surface area contributed by atoms with Gasteiger partial charge in [0.2, 0.25) is 0 Å². The first-order valence-electron chi connectivity index (χ1n) is 7.98. The largest absolute Gasteiger partial charge is 0.378 e. The Morgan fingerprint density at radius 1 is 1.29 bits per heavy atom. The zero-order valence-corrected chi connectivity index (χ0v) is 12.7. The average Bonchev–Trinajstić information content (AvgIpc) is 2.49. The van der Waals surface area contributed by atoms with Crippen LogP contribution in [0.2, 0.25) is 0 Å². The molecule has 1 aromatic carbocycles. The van der Waals surface area contributed by atoms with E-state index in [1.54, 1.807) is 0 Å². The molecule has 2 nitrogen and oxygen atoms in total. The summed E-state index contributed by atoms with van der Waals surface area (Å²) in [5.41, 5.74) is 0.188. The van der Waals surface area contributed by atoms with Crippen molar-refractivity contribution < 1.29 is 13.5 Å². The third kappa shape index (κ3) is 5.04. The minimum atomic E-state index is -0.452. The van der Waals surface area contributed by atoms with E-state index in [2.05, 4.69) is 5.32 Å². The van der Waals surface area contributed by atoms with Crippen LogP contribution in [0.1, 0.15) is 44.6 Å². The molecule has 0 bridgehead atoms. The standard InChI is InChI=1S/C17H25F2NO/c1-2-20-13(9-10-14-6-3-4-11-21-14)12-15-16(18)7-5-8-17(15)19/h5,7-8,13-14,20H,2-4,6,9-12H2,1H3. The molecule has 4 heteroatoms. The second kappa shape index (κ2) is 8.44. The summed E-state index contributed by atoms with van der Waals surface area (Å²) >= 11 is 0. The lowest BCUT2D eigenvalue weighted by atomic mass is 9.97. The van der Waals surface area contributed by atoms with Gasteiger partial charge in [0.1, 0.15) is 11.6 Å². The summed E-state index contributed by atoms with van der Waals surface area (Å²) in [4.78, 5) is 0. The Balaban J connectivity index is 1.91. The fourth-order valence-electron chi connectivity index (χ4n) is 2.96. The van der Waals surface area contributed by atoms with Gasteiger partial charge in [-0.3, -0.25) is 0 Å². The predicted molar refractivity (Wildman–Crippen MR) is 80.4 cm³/mol. The molecule has 0 amide bonds. The molecule has 1 aromatic rings. The summed E-state index contributed by atoms with van der Waals surface area (Å²) in [5.74, 6) is -0.904. The van der Waals surface area contributed by atoms with Crippen LogP contribution in [0.25, 0.3) is 0 Å². The Hall–Kier alpha value is -1.00. The van der Waals surface area contributed by atoms with Crippen molar-refractivity contribution in [3.63, 3.8) is 0 Å². The van der Waals surface area contributed by atoms with E-state index in [0.717, 1.165) is 38.8 Å². The van der Waals surface area contributed by atoms with Gasteiger partial charge in [0, 0.05) is 18.2 Å². The molecular formula is C17H25F2NO. The summed E-state index contributed by atoms with van der Waals surface area (Å²) in [6.45, 7) is 3.66. The predicted octanol–water partition coefficient (Wildman–Crippen LogP) is 3.83. The Morgan fingerprint density at radius 2 is 2.05 bits per heavy atom. The van der Waals surface area contributed by atoms with Crippen LogP contribution in [0.5, 0.6) is 0 Å². The van der Waals surface area contributed by atoms with Crippen LogP contribution >= 0.6 is 0 Å². The number of likely N-dealkylation sites (N-methyl/N-ethyl adjacent to an activating group) is 1. The van der Waals surface area contributed by atoms with E-state index >= 15 is 0 Å². The molecule has 0 aromatic heterocycles. The Morgan fingerprint density at radius 3 is 2.67 bits per heavy atom. The normalized spacial score (nSPS) is 20.4. The Bertz CT molecular complexity index is 413. The lowest BCUT2D eigenvalue weighted by Gasteiger charge is -2.25. The molecule has 1 N–H and O–H groups in total. The maximum atomic E-state index is 13.8. The summed E-state index contributed by atoms with van der Waals surface area (Å²) in [5, 5.41) is 3.34. The van der Waals surface area contributed by atoms with Crippen LogP contribution in [0, 0.1) is 11.6 Å². The van der Waals surface area contributed by atoms with Gasteiger partial charge in [-0.05, 0) is 57.2 Å². The Kier molecular flexibility index (Phi) is 6.58. The second-order valence-corrected chi connectivity index (χ2v) is 5.72. The Labute approximate surface area is 125 Å². The van der Waals surface area contributed by atoms with Gasteiger partial charge in [0.15, 0.2) is 0 Å². The second-order valence-electron chi connectivity index (χ2n) is 5.72. The summed E-state index contributed by atoms with van der Waals surface area (Å²) < 4.78 is 33.2. The third-order valence-corrected chi connectivity index (χ3v) is 4.12. The van der Waals surface area contributed by atoms with Crippen molar-refractivity contribution in [3.05, 3.63) is 35.4 Å². The highest BCUT2D eigenvalue weighted by Crippen LogP contribution is 2.20. The minimum absolute atomic E-state index is 0.0897. The number of ether oxygens (including phenoxy) is 1. The topological polar surface area (TPSA) is 21.3 Å². The van der Waals surface area contributed by atoms with E-state index < -0.39 is 11.6 Å². The molecular weight excluding hydrogens is 272 g/mol. The van der Waals surface area contributed by atoms with Crippen LogP contribution in [-0.2, 0) is 11.2 Å². The highest BCUT2D eigenvalue weighted by atomic mass is 19.1. The van der Waals surface area contributed by atoms with Crippen LogP contribution < -0.4 is 5.32 Å². The molecule has 118 valence electrons. The highest BCUT2D eigenvalue weighted by Gasteiger charge is 2.19. The molecule has 21 heavy (non-hydrogen) atoms. The zero-order chi connectivity index (χ0) is 15.1. The number of benzene rings is 1. The number of nitrogens with one attached hydrogen (secondary N) is 1. The monoisotopic (exact) mass is 297 g/mol. The van der Waals surface area contributed by atoms with Crippen LogP contribution in [0.3, 0.4) is 0 Å². The smallest absolute Gasteiger partial charge is 0.129 e. The highest BCUT2D eigenvalue weighted by molar-refractivity contribution is 5.20. The molecule has 1 fully saturated rings. The van der Waals surface area contributed by atoms with E-state index in [-0.39, 0.29) is 11.6 Å². The fourth-order valence-corrected chi connectivity index (χ4v) is 2.96. The van der Waals surface area contributed by atoms with Gasteiger partial charge in [-0.25, -0.2) is 8.78 Å². The van der Waals surface area contributed by atoms with Crippen molar-refractivity contribution in [3.8, 4) is 0 Å². The number of halogens is 2. The van der Waals surface area contributed by atoms with E-state index in [4.69, 9.17) is 4.74 Å². The summed E-state index contributed by atoms with van der Waals surface area (Å²) in [6, 6.07) is 4.15. The van der Waals surface area contributed by atoms with Gasteiger partial charge >= 0.3 is 0 Å². The first-order valence-corrected chi connectivity index (χ1v) is 7.98. The van der Waals surface area contributed by atoms with Crippen LogP contribution in [0.15, 0.2) is 18.2 Å². The van der Waals surface area contributed by atoms with Gasteiger partial charge in [-0.1, -0.05) is 13.0 Å². The maximum Gasteiger partial charge on any atom is 0.129 e. The molecule has 2 atom stereocenters. The van der Waals surface area contributed by atoms with Crippen molar-refractivity contribution in [2.75, 3.05) is 13.2 Å². The van der Waals surface area contributed by atoms with E-state index in [0.29, 0.717) is 12.5 Å². The van der Waals surface area contributed by atoms with Crippen molar-refractivity contribution in [1.82, 2.24) is 5.32 Å². The first kappa shape index (κ1) is 16.4. The van der Waals surface area contributed by atoms with Crippen LogP contribution in [0.4, 0.5) is 8.78 Å². The van der Waals surface area contributed by atoms with Crippen molar-refractivity contribution in [2.24, 2.45) is 0 Å². The average molecular weight is 297 g/mol. The van der Waals surface area contributed by atoms with Gasteiger partial charge in [-0.15, -0.1) is 0 Å². The maximum absolute atomic E-state index is 13.8. The molecule has 1 aliphatic rings. The SMILES string of the molecule is CCNC(CCC1CCCCO1)Cc1c(F)cccc1F. The van der Waals surface area contributed by atoms with Crippen molar-refractivity contribution in [2.45, 2.75) is 57.6 Å². The van der Waals surface area contributed by atoms with Crippen molar-refractivity contribution >= 4 is 0 Å². The number of rotatable bonds is 7. The van der Waals surface area contributed by atoms with Crippen molar-refractivity contribution in [1.29, 1.82) is 0 Å². The quantitative estimate of drug-likeness (QED) is 0.826. The van der Waals surface area contributed by atoms with Gasteiger partial charge in [0.25, 0.3) is 0 Å². The van der Waals surface area contributed by atoms with Gasteiger partial charge in [-0.2, -0.15) is 0 Å². The third-order valence-electron chi connectivity index (χ3n) is 4.12. The molecule has 0 spiro atoms. The molecule has 2 unspecified atom stereocenters. The lowest BCUT2D eigenvalue weighted by molar-refractivity contribution is 0.00859. The number of hydrogen-bond acceptors (Lipinski definition) is 2. The zero-order valence-electron chi connectivity index (χ0n) is 12.7. The van der Waals surface area contributed by atoms with E-state index in [1.807, 2.05) is 6.92 Å². The van der Waals surface area contributed by atoms with Crippen LogP contribution in [-0.4, -0.2) is 25.3 Å².